The smallest absolute Gasteiger partial charge is 0.147 e. The van der Waals surface area contributed by atoms with Crippen molar-refractivity contribution >= 4 is 26.8 Å². The first kappa shape index (κ1) is 8.75. The van der Waals surface area contributed by atoms with E-state index in [9.17, 15) is 4.39 Å². The molecule has 0 aliphatic carbocycles. The van der Waals surface area contributed by atoms with Gasteiger partial charge in [0.15, 0.2) is 0 Å². The molecule has 0 atom stereocenters. The predicted molar refractivity (Wildman–Crippen MR) is 55.3 cm³/mol. The molecular formula is C10H9BrFN. The van der Waals surface area contributed by atoms with Crippen LogP contribution in [0.15, 0.2) is 22.8 Å². The van der Waals surface area contributed by atoms with Crippen molar-refractivity contribution < 1.29 is 4.39 Å². The minimum absolute atomic E-state index is 0.172. The van der Waals surface area contributed by atoms with Gasteiger partial charge < -0.3 is 4.57 Å². The highest BCUT2D eigenvalue weighted by Crippen LogP contribution is 2.29. The van der Waals surface area contributed by atoms with Gasteiger partial charge in [0.25, 0.3) is 0 Å². The van der Waals surface area contributed by atoms with E-state index in [1.54, 1.807) is 6.07 Å². The summed E-state index contributed by atoms with van der Waals surface area (Å²) in [5, 5.41) is 0.967. The van der Waals surface area contributed by atoms with E-state index in [1.165, 1.54) is 6.07 Å². The van der Waals surface area contributed by atoms with Crippen molar-refractivity contribution in [3.8, 4) is 0 Å². The number of para-hydroxylation sites is 1. The van der Waals surface area contributed by atoms with Gasteiger partial charge in [0.05, 0.1) is 10.1 Å². The predicted octanol–water partition coefficient (Wildman–Crippen LogP) is 3.39. The van der Waals surface area contributed by atoms with Crippen molar-refractivity contribution in [2.24, 2.45) is 7.05 Å². The molecule has 3 heteroatoms. The van der Waals surface area contributed by atoms with Gasteiger partial charge in [0.1, 0.15) is 5.82 Å². The van der Waals surface area contributed by atoms with Crippen LogP contribution in [0, 0.1) is 12.7 Å². The van der Waals surface area contributed by atoms with Crippen LogP contribution in [0.1, 0.15) is 5.56 Å². The van der Waals surface area contributed by atoms with Gasteiger partial charge in [0, 0.05) is 12.4 Å². The number of aromatic nitrogens is 1. The average Bonchev–Trinajstić information content (AvgIpc) is 2.33. The lowest BCUT2D eigenvalue weighted by molar-refractivity contribution is 0.631. The third-order valence-corrected chi connectivity index (χ3v) is 3.46. The molecule has 0 saturated heterocycles. The molecule has 0 aliphatic rings. The normalized spacial score (nSPS) is 11.1. The van der Waals surface area contributed by atoms with Gasteiger partial charge in [-0.15, -0.1) is 0 Å². The van der Waals surface area contributed by atoms with Crippen LogP contribution >= 0.6 is 15.9 Å². The van der Waals surface area contributed by atoms with Crippen LogP contribution in [0.3, 0.4) is 0 Å². The molecule has 1 aromatic carbocycles. The van der Waals surface area contributed by atoms with Gasteiger partial charge in [-0.2, -0.15) is 0 Å². The summed E-state index contributed by atoms with van der Waals surface area (Å²) in [6.45, 7) is 1.98. The maximum absolute atomic E-state index is 13.4. The van der Waals surface area contributed by atoms with Crippen molar-refractivity contribution in [3.05, 3.63) is 34.2 Å². The maximum Gasteiger partial charge on any atom is 0.147 e. The summed E-state index contributed by atoms with van der Waals surface area (Å²) in [6.07, 6.45) is 0. The second kappa shape index (κ2) is 2.84. The Hall–Kier alpha value is -0.830. The molecule has 0 saturated carbocycles. The zero-order valence-corrected chi connectivity index (χ0v) is 9.02. The van der Waals surface area contributed by atoms with Crippen LogP contribution in [0.25, 0.3) is 10.9 Å². The number of hydrogen-bond acceptors (Lipinski definition) is 0. The molecule has 0 spiro atoms. The zero-order chi connectivity index (χ0) is 9.59. The molecule has 1 aromatic heterocycles. The van der Waals surface area contributed by atoms with E-state index in [0.717, 1.165) is 15.6 Å². The fraction of sp³-hybridized carbons (Fsp3) is 0.200. The van der Waals surface area contributed by atoms with Crippen LogP contribution in [0.2, 0.25) is 0 Å². The lowest BCUT2D eigenvalue weighted by atomic mass is 10.2. The summed E-state index contributed by atoms with van der Waals surface area (Å²) in [5.74, 6) is -0.172. The fourth-order valence-corrected chi connectivity index (χ4v) is 2.01. The topological polar surface area (TPSA) is 4.93 Å². The van der Waals surface area contributed by atoms with Gasteiger partial charge >= 0.3 is 0 Å². The molecule has 0 amide bonds. The van der Waals surface area contributed by atoms with E-state index in [1.807, 2.05) is 24.6 Å². The molecule has 0 aliphatic heterocycles. The lowest BCUT2D eigenvalue weighted by Crippen LogP contribution is -1.89. The zero-order valence-electron chi connectivity index (χ0n) is 7.44. The van der Waals surface area contributed by atoms with E-state index in [0.29, 0.717) is 5.52 Å². The van der Waals surface area contributed by atoms with Crippen molar-refractivity contribution in [3.63, 3.8) is 0 Å². The van der Waals surface area contributed by atoms with Gasteiger partial charge in [-0.25, -0.2) is 4.39 Å². The van der Waals surface area contributed by atoms with Crippen LogP contribution in [0.5, 0.6) is 0 Å². The summed E-state index contributed by atoms with van der Waals surface area (Å²) < 4.78 is 16.2. The Bertz CT molecular complexity index is 473. The molecule has 0 N–H and O–H groups in total. The summed E-state index contributed by atoms with van der Waals surface area (Å²) in [6, 6.07) is 5.14. The first-order valence-electron chi connectivity index (χ1n) is 4.02. The Morgan fingerprint density at radius 1 is 1.38 bits per heavy atom. The molecule has 0 fully saturated rings. The highest BCUT2D eigenvalue weighted by Gasteiger charge is 2.11. The summed E-state index contributed by atoms with van der Waals surface area (Å²) in [4.78, 5) is 0. The number of nitrogens with zero attached hydrogens (tertiary/aromatic N) is 1. The summed E-state index contributed by atoms with van der Waals surface area (Å²) in [5.41, 5.74) is 1.74. The van der Waals surface area contributed by atoms with Gasteiger partial charge in [-0.1, -0.05) is 12.1 Å². The Kier molecular flexibility index (Phi) is 1.91. The molecule has 0 bridgehead atoms. The van der Waals surface area contributed by atoms with Crippen molar-refractivity contribution in [1.82, 2.24) is 4.57 Å². The highest BCUT2D eigenvalue weighted by molar-refractivity contribution is 9.10. The van der Waals surface area contributed by atoms with Gasteiger partial charge in [0.2, 0.25) is 0 Å². The van der Waals surface area contributed by atoms with E-state index in [2.05, 4.69) is 15.9 Å². The van der Waals surface area contributed by atoms with E-state index >= 15 is 0 Å². The van der Waals surface area contributed by atoms with Crippen LogP contribution in [-0.4, -0.2) is 4.57 Å². The number of aryl methyl sites for hydroxylation is 2. The first-order valence-corrected chi connectivity index (χ1v) is 4.81. The molecule has 2 rings (SSSR count). The minimum atomic E-state index is -0.172. The van der Waals surface area contributed by atoms with E-state index in [4.69, 9.17) is 0 Å². The van der Waals surface area contributed by atoms with E-state index in [-0.39, 0.29) is 5.82 Å². The number of halogens is 2. The largest absolute Gasteiger partial charge is 0.336 e. The van der Waals surface area contributed by atoms with Crippen molar-refractivity contribution in [1.29, 1.82) is 0 Å². The minimum Gasteiger partial charge on any atom is -0.336 e. The molecule has 0 unspecified atom stereocenters. The van der Waals surface area contributed by atoms with E-state index < -0.39 is 0 Å². The summed E-state index contributed by atoms with van der Waals surface area (Å²) in [7, 11) is 1.85. The van der Waals surface area contributed by atoms with Gasteiger partial charge in [-0.05, 0) is 34.5 Å². The molecular weight excluding hydrogens is 233 g/mol. The standard InChI is InChI=1S/C10H9BrFN/c1-6-7-4-3-5-8(12)9(7)13(2)10(6)11/h3-5H,1-2H3. The van der Waals surface area contributed by atoms with Crippen molar-refractivity contribution in [2.45, 2.75) is 6.92 Å². The Labute approximate surface area is 84.3 Å². The number of fused-ring (bicyclic) bond motifs is 1. The summed E-state index contributed by atoms with van der Waals surface area (Å²) >= 11 is 3.42. The highest BCUT2D eigenvalue weighted by atomic mass is 79.9. The third kappa shape index (κ3) is 1.10. The molecule has 2 aromatic rings. The number of rotatable bonds is 0. The number of hydrogen-bond donors (Lipinski definition) is 0. The SMILES string of the molecule is Cc1c(Br)n(C)c2c(F)cccc12. The Balaban J connectivity index is 3.03. The Morgan fingerprint density at radius 2 is 2.08 bits per heavy atom. The number of benzene rings is 1. The quantitative estimate of drug-likeness (QED) is 0.667. The van der Waals surface area contributed by atoms with Crippen LogP contribution < -0.4 is 0 Å². The van der Waals surface area contributed by atoms with Gasteiger partial charge in [-0.3, -0.25) is 0 Å². The first-order chi connectivity index (χ1) is 6.13. The second-order valence-corrected chi connectivity index (χ2v) is 3.86. The molecule has 1 nitrogen and oxygen atoms in total. The lowest BCUT2D eigenvalue weighted by Gasteiger charge is -1.97. The van der Waals surface area contributed by atoms with Crippen LogP contribution in [0.4, 0.5) is 4.39 Å². The van der Waals surface area contributed by atoms with Crippen LogP contribution in [-0.2, 0) is 7.05 Å². The maximum atomic E-state index is 13.4. The molecule has 1 heterocycles. The monoisotopic (exact) mass is 241 g/mol. The fourth-order valence-electron chi connectivity index (χ4n) is 1.62. The Morgan fingerprint density at radius 3 is 2.69 bits per heavy atom. The molecule has 0 radical (unpaired) electrons. The molecule has 13 heavy (non-hydrogen) atoms. The molecule has 68 valence electrons. The average molecular weight is 242 g/mol. The third-order valence-electron chi connectivity index (χ3n) is 2.33. The second-order valence-electron chi connectivity index (χ2n) is 3.11. The van der Waals surface area contributed by atoms with Crippen molar-refractivity contribution in [2.75, 3.05) is 0 Å².